The van der Waals surface area contributed by atoms with Crippen LogP contribution in [0.2, 0.25) is 0 Å². The molecule has 0 saturated carbocycles. The van der Waals surface area contributed by atoms with Gasteiger partial charge < -0.3 is 4.74 Å². The van der Waals surface area contributed by atoms with Crippen LogP contribution in [0.25, 0.3) is 0 Å². The summed E-state index contributed by atoms with van der Waals surface area (Å²) in [6.07, 6.45) is 0. The molecule has 0 aliphatic heterocycles. The van der Waals surface area contributed by atoms with Crippen LogP contribution in [0.4, 0.5) is 0 Å². The van der Waals surface area contributed by atoms with Gasteiger partial charge in [-0.15, -0.1) is 12.6 Å². The standard InChI is InChI=1S/C10H8BrNO2S/c1-2-14-10(13)8-4-7(15)3-6(5-12)9(8)11/h3-4,15H,2H2,1H3. The molecular weight excluding hydrogens is 278 g/mol. The first-order chi connectivity index (χ1) is 7.10. The van der Waals surface area contributed by atoms with Crippen molar-refractivity contribution in [1.82, 2.24) is 0 Å². The molecule has 1 aromatic rings. The largest absolute Gasteiger partial charge is 0.462 e. The van der Waals surface area contributed by atoms with Crippen LogP contribution in [0.5, 0.6) is 0 Å². The van der Waals surface area contributed by atoms with E-state index >= 15 is 0 Å². The van der Waals surface area contributed by atoms with Gasteiger partial charge in [0.15, 0.2) is 0 Å². The number of halogens is 1. The summed E-state index contributed by atoms with van der Waals surface area (Å²) in [5.74, 6) is -0.461. The second kappa shape index (κ2) is 5.19. The van der Waals surface area contributed by atoms with Gasteiger partial charge in [-0.05, 0) is 35.0 Å². The number of thiol groups is 1. The highest BCUT2D eigenvalue weighted by atomic mass is 79.9. The summed E-state index contributed by atoms with van der Waals surface area (Å²) in [4.78, 5) is 12.0. The maximum absolute atomic E-state index is 11.5. The summed E-state index contributed by atoms with van der Waals surface area (Å²) in [7, 11) is 0. The molecule has 0 N–H and O–H groups in total. The van der Waals surface area contributed by atoms with Gasteiger partial charge in [-0.3, -0.25) is 0 Å². The number of ether oxygens (including phenoxy) is 1. The fourth-order valence-corrected chi connectivity index (χ4v) is 1.79. The Morgan fingerprint density at radius 1 is 1.67 bits per heavy atom. The van der Waals surface area contributed by atoms with Crippen LogP contribution in [0.15, 0.2) is 21.5 Å². The molecule has 0 amide bonds. The minimum Gasteiger partial charge on any atom is -0.462 e. The third-order valence-electron chi connectivity index (χ3n) is 1.67. The normalized spacial score (nSPS) is 9.47. The van der Waals surface area contributed by atoms with E-state index in [1.54, 1.807) is 19.1 Å². The molecule has 0 fully saturated rings. The molecule has 0 heterocycles. The summed E-state index contributed by atoms with van der Waals surface area (Å²) in [6.45, 7) is 2.02. The van der Waals surface area contributed by atoms with Crippen molar-refractivity contribution >= 4 is 34.5 Å². The van der Waals surface area contributed by atoms with E-state index in [0.717, 1.165) is 0 Å². The fourth-order valence-electron chi connectivity index (χ4n) is 1.05. The summed E-state index contributed by atoms with van der Waals surface area (Å²) < 4.78 is 5.30. The molecule has 0 bridgehead atoms. The lowest BCUT2D eigenvalue weighted by Crippen LogP contribution is -2.06. The summed E-state index contributed by atoms with van der Waals surface area (Å²) in [6, 6.07) is 5.11. The van der Waals surface area contributed by atoms with Gasteiger partial charge in [0.1, 0.15) is 6.07 Å². The predicted octanol–water partition coefficient (Wildman–Crippen LogP) is 2.79. The van der Waals surface area contributed by atoms with Crippen LogP contribution in [0, 0.1) is 11.3 Å². The second-order valence-electron chi connectivity index (χ2n) is 2.69. The molecule has 0 radical (unpaired) electrons. The van der Waals surface area contributed by atoms with Crippen molar-refractivity contribution in [3.8, 4) is 6.07 Å². The molecule has 0 spiro atoms. The molecule has 0 aliphatic rings. The van der Waals surface area contributed by atoms with Gasteiger partial charge in [0.05, 0.1) is 17.7 Å². The minimum atomic E-state index is -0.461. The number of hydrogen-bond acceptors (Lipinski definition) is 4. The number of nitrogens with zero attached hydrogens (tertiary/aromatic N) is 1. The molecule has 0 saturated heterocycles. The maximum Gasteiger partial charge on any atom is 0.339 e. The fraction of sp³-hybridized carbons (Fsp3) is 0.200. The lowest BCUT2D eigenvalue weighted by atomic mass is 10.1. The number of hydrogen-bond donors (Lipinski definition) is 1. The zero-order valence-corrected chi connectivity index (χ0v) is 10.4. The Balaban J connectivity index is 3.24. The lowest BCUT2D eigenvalue weighted by molar-refractivity contribution is 0.0525. The van der Waals surface area contributed by atoms with E-state index in [1.807, 2.05) is 6.07 Å². The molecule has 0 aromatic heterocycles. The number of benzene rings is 1. The van der Waals surface area contributed by atoms with Gasteiger partial charge in [0.25, 0.3) is 0 Å². The van der Waals surface area contributed by atoms with Gasteiger partial charge in [-0.25, -0.2) is 4.79 Å². The van der Waals surface area contributed by atoms with Gasteiger partial charge in [-0.2, -0.15) is 5.26 Å². The van der Waals surface area contributed by atoms with Crippen LogP contribution in [0.1, 0.15) is 22.8 Å². The van der Waals surface area contributed by atoms with E-state index in [1.165, 1.54) is 0 Å². The van der Waals surface area contributed by atoms with Crippen LogP contribution in [-0.2, 0) is 4.74 Å². The Morgan fingerprint density at radius 3 is 2.87 bits per heavy atom. The quantitative estimate of drug-likeness (QED) is 0.672. The van der Waals surface area contributed by atoms with Gasteiger partial charge in [-0.1, -0.05) is 0 Å². The molecule has 0 atom stereocenters. The summed E-state index contributed by atoms with van der Waals surface area (Å²) in [5.41, 5.74) is 0.687. The number of rotatable bonds is 2. The number of carbonyl (C=O) groups excluding carboxylic acids is 1. The average molecular weight is 286 g/mol. The Kier molecular flexibility index (Phi) is 4.18. The molecule has 3 nitrogen and oxygen atoms in total. The van der Waals surface area contributed by atoms with Gasteiger partial charge >= 0.3 is 5.97 Å². The first-order valence-corrected chi connectivity index (χ1v) is 5.44. The molecule has 0 unspecified atom stereocenters. The minimum absolute atomic E-state index is 0.296. The Morgan fingerprint density at radius 2 is 2.33 bits per heavy atom. The van der Waals surface area contributed by atoms with Crippen LogP contribution < -0.4 is 0 Å². The highest BCUT2D eigenvalue weighted by Crippen LogP contribution is 2.25. The van der Waals surface area contributed by atoms with Crippen molar-refractivity contribution in [1.29, 1.82) is 5.26 Å². The topological polar surface area (TPSA) is 50.1 Å². The zero-order valence-electron chi connectivity index (χ0n) is 7.95. The highest BCUT2D eigenvalue weighted by molar-refractivity contribution is 9.10. The molecule has 1 rings (SSSR count). The second-order valence-corrected chi connectivity index (χ2v) is 4.00. The molecular formula is C10H8BrNO2S. The summed E-state index contributed by atoms with van der Waals surface area (Å²) >= 11 is 7.30. The van der Waals surface area contributed by atoms with Crippen molar-refractivity contribution < 1.29 is 9.53 Å². The molecule has 1 aromatic carbocycles. The van der Waals surface area contributed by atoms with Crippen molar-refractivity contribution in [3.05, 3.63) is 27.7 Å². The smallest absolute Gasteiger partial charge is 0.339 e. The SMILES string of the molecule is CCOC(=O)c1cc(S)cc(C#N)c1Br. The van der Waals surface area contributed by atoms with E-state index in [4.69, 9.17) is 10.00 Å². The van der Waals surface area contributed by atoms with E-state index in [0.29, 0.717) is 27.1 Å². The number of nitriles is 1. The average Bonchev–Trinajstić information content (AvgIpc) is 2.21. The van der Waals surface area contributed by atoms with Crippen LogP contribution >= 0.6 is 28.6 Å². The van der Waals surface area contributed by atoms with Crippen LogP contribution in [-0.4, -0.2) is 12.6 Å². The van der Waals surface area contributed by atoms with Crippen molar-refractivity contribution in [2.45, 2.75) is 11.8 Å². The van der Waals surface area contributed by atoms with Crippen molar-refractivity contribution in [2.75, 3.05) is 6.61 Å². The third kappa shape index (κ3) is 2.74. The predicted molar refractivity (Wildman–Crippen MR) is 62.1 cm³/mol. The number of carbonyl (C=O) groups is 1. The van der Waals surface area contributed by atoms with E-state index < -0.39 is 5.97 Å². The Bertz CT molecular complexity index is 440. The molecule has 0 aliphatic carbocycles. The zero-order chi connectivity index (χ0) is 11.4. The summed E-state index contributed by atoms with van der Waals surface area (Å²) in [5, 5.41) is 8.81. The van der Waals surface area contributed by atoms with E-state index in [-0.39, 0.29) is 0 Å². The molecule has 5 heteroatoms. The monoisotopic (exact) mass is 285 g/mol. The Hall–Kier alpha value is -0.990. The first kappa shape index (κ1) is 12.1. The Labute approximate surface area is 102 Å². The van der Waals surface area contributed by atoms with Crippen molar-refractivity contribution in [3.63, 3.8) is 0 Å². The van der Waals surface area contributed by atoms with E-state index in [9.17, 15) is 4.79 Å². The number of esters is 1. The third-order valence-corrected chi connectivity index (χ3v) is 2.79. The van der Waals surface area contributed by atoms with Crippen molar-refractivity contribution in [2.24, 2.45) is 0 Å². The first-order valence-electron chi connectivity index (χ1n) is 4.19. The maximum atomic E-state index is 11.5. The molecule has 78 valence electrons. The lowest BCUT2D eigenvalue weighted by Gasteiger charge is -2.06. The highest BCUT2D eigenvalue weighted by Gasteiger charge is 2.15. The molecule has 15 heavy (non-hydrogen) atoms. The van der Waals surface area contributed by atoms with E-state index in [2.05, 4.69) is 28.6 Å². The van der Waals surface area contributed by atoms with Crippen LogP contribution in [0.3, 0.4) is 0 Å². The van der Waals surface area contributed by atoms with Gasteiger partial charge in [0, 0.05) is 9.37 Å². The van der Waals surface area contributed by atoms with Gasteiger partial charge in [0.2, 0.25) is 0 Å².